The first-order valence-corrected chi connectivity index (χ1v) is 4.22. The topological polar surface area (TPSA) is 64.8 Å². The normalized spacial score (nSPS) is 21.7. The first kappa shape index (κ1) is 10.2. The van der Waals surface area contributed by atoms with E-state index >= 15 is 0 Å². The number of amidine groups is 1. The second-order valence-electron chi connectivity index (χ2n) is 4.35. The van der Waals surface area contributed by atoms with Crippen LogP contribution in [-0.2, 0) is 0 Å². The van der Waals surface area contributed by atoms with E-state index in [0.29, 0.717) is 11.5 Å². The monoisotopic (exact) mass is 184 g/mol. The van der Waals surface area contributed by atoms with Crippen molar-refractivity contribution in [3.05, 3.63) is 11.8 Å². The summed E-state index contributed by atoms with van der Waals surface area (Å²) in [6.45, 7) is 7.62. The van der Waals surface area contributed by atoms with E-state index in [4.69, 9.17) is 0 Å². The summed E-state index contributed by atoms with van der Waals surface area (Å²) in [7, 11) is 0. The van der Waals surface area contributed by atoms with Gasteiger partial charge in [0.15, 0.2) is 0 Å². The molecule has 1 aliphatic heterocycles. The number of rotatable bonds is 0. The van der Waals surface area contributed by atoms with Crippen LogP contribution in [0, 0.1) is 5.41 Å². The lowest BCUT2D eigenvalue weighted by molar-refractivity contribution is -0.112. The maximum absolute atomic E-state index is 9.33. The predicted molar refractivity (Wildman–Crippen MR) is 51.0 cm³/mol. The summed E-state index contributed by atoms with van der Waals surface area (Å²) in [5.74, 6) is -1.48. The van der Waals surface area contributed by atoms with Crippen LogP contribution in [0.15, 0.2) is 16.8 Å². The van der Waals surface area contributed by atoms with Crippen LogP contribution in [0.25, 0.3) is 0 Å². The molecule has 13 heavy (non-hydrogen) atoms. The molecule has 3 N–H and O–H groups in total. The van der Waals surface area contributed by atoms with E-state index in [9.17, 15) is 10.2 Å². The number of allylic oxidation sites excluding steroid dienone is 1. The Morgan fingerprint density at radius 1 is 1.38 bits per heavy atom. The number of aliphatic hydroxyl groups is 2. The van der Waals surface area contributed by atoms with E-state index in [-0.39, 0.29) is 5.41 Å². The minimum atomic E-state index is -2.06. The van der Waals surface area contributed by atoms with Crippen molar-refractivity contribution in [2.75, 3.05) is 0 Å². The fourth-order valence-electron chi connectivity index (χ4n) is 1.09. The molecule has 1 rings (SSSR count). The molecule has 0 saturated heterocycles. The van der Waals surface area contributed by atoms with Crippen molar-refractivity contribution < 1.29 is 10.2 Å². The van der Waals surface area contributed by atoms with Gasteiger partial charge in [0.05, 0.1) is 0 Å². The highest BCUT2D eigenvalue weighted by Crippen LogP contribution is 2.21. The molecular formula is C9H16N2O2. The highest BCUT2D eigenvalue weighted by Gasteiger charge is 2.29. The third-order valence-electron chi connectivity index (χ3n) is 1.71. The minimum absolute atomic E-state index is 0.216. The van der Waals surface area contributed by atoms with Crippen LogP contribution in [0.2, 0.25) is 0 Å². The van der Waals surface area contributed by atoms with Gasteiger partial charge in [-0.2, -0.15) is 0 Å². The first-order valence-electron chi connectivity index (χ1n) is 4.22. The molecule has 1 aliphatic rings. The van der Waals surface area contributed by atoms with Crippen molar-refractivity contribution in [1.29, 1.82) is 0 Å². The molecule has 0 aromatic rings. The Morgan fingerprint density at radius 3 is 2.31 bits per heavy atom. The van der Waals surface area contributed by atoms with Crippen molar-refractivity contribution in [3.8, 4) is 0 Å². The molecule has 74 valence electrons. The van der Waals surface area contributed by atoms with Gasteiger partial charge in [-0.25, -0.2) is 4.99 Å². The van der Waals surface area contributed by atoms with Crippen LogP contribution in [0.4, 0.5) is 0 Å². The van der Waals surface area contributed by atoms with Gasteiger partial charge in [0.2, 0.25) is 0 Å². The summed E-state index contributed by atoms with van der Waals surface area (Å²) in [5.41, 5.74) is 0.483. The minimum Gasteiger partial charge on any atom is -0.347 e. The Kier molecular flexibility index (Phi) is 2.21. The Hall–Kier alpha value is -0.870. The summed E-state index contributed by atoms with van der Waals surface area (Å²) in [5, 5.41) is 21.7. The maximum atomic E-state index is 9.33. The van der Waals surface area contributed by atoms with Crippen molar-refractivity contribution in [1.82, 2.24) is 5.32 Å². The molecule has 4 nitrogen and oxygen atoms in total. The van der Waals surface area contributed by atoms with Crippen molar-refractivity contribution >= 4 is 5.84 Å². The lowest BCUT2D eigenvalue weighted by Crippen LogP contribution is -2.42. The Balaban J connectivity index is 2.99. The van der Waals surface area contributed by atoms with E-state index in [1.54, 1.807) is 6.92 Å². The summed E-state index contributed by atoms with van der Waals surface area (Å²) in [4.78, 5) is 3.78. The van der Waals surface area contributed by atoms with Crippen LogP contribution in [-0.4, -0.2) is 22.0 Å². The molecule has 1 heterocycles. The van der Waals surface area contributed by atoms with Gasteiger partial charge in [0.25, 0.3) is 5.91 Å². The molecule has 0 aliphatic carbocycles. The standard InChI is InChI=1S/C9H16N2O2/c1-6-5-9(12,13)11-7(10-6)8(2,3)4/h5,12-13H,1-4H3,(H,10,11). The van der Waals surface area contributed by atoms with E-state index in [1.807, 2.05) is 20.8 Å². The van der Waals surface area contributed by atoms with Crippen molar-refractivity contribution in [3.63, 3.8) is 0 Å². The molecule has 0 fully saturated rings. The average molecular weight is 184 g/mol. The maximum Gasteiger partial charge on any atom is 0.289 e. The number of aliphatic imine (C=N–C) groups is 1. The van der Waals surface area contributed by atoms with Gasteiger partial charge in [0, 0.05) is 17.2 Å². The van der Waals surface area contributed by atoms with Crippen LogP contribution in [0.5, 0.6) is 0 Å². The molecule has 0 unspecified atom stereocenters. The largest absolute Gasteiger partial charge is 0.347 e. The van der Waals surface area contributed by atoms with Crippen LogP contribution < -0.4 is 5.32 Å². The van der Waals surface area contributed by atoms with E-state index < -0.39 is 5.91 Å². The Morgan fingerprint density at radius 2 is 1.92 bits per heavy atom. The first-order chi connectivity index (χ1) is 5.71. The SMILES string of the molecule is CC1=CC(O)(O)N=C(C(C)(C)C)N1. The van der Waals surface area contributed by atoms with Crippen molar-refractivity contribution in [2.45, 2.75) is 33.6 Å². The number of nitrogens with zero attached hydrogens (tertiary/aromatic N) is 1. The smallest absolute Gasteiger partial charge is 0.289 e. The van der Waals surface area contributed by atoms with E-state index in [2.05, 4.69) is 10.3 Å². The third-order valence-corrected chi connectivity index (χ3v) is 1.71. The lowest BCUT2D eigenvalue weighted by atomic mass is 9.94. The molecule has 0 atom stereocenters. The second-order valence-corrected chi connectivity index (χ2v) is 4.35. The zero-order chi connectivity index (χ0) is 10.3. The molecule has 0 aromatic carbocycles. The van der Waals surface area contributed by atoms with Gasteiger partial charge in [-0.05, 0) is 6.92 Å². The van der Waals surface area contributed by atoms with Gasteiger partial charge in [0.1, 0.15) is 5.84 Å². The summed E-state index contributed by atoms with van der Waals surface area (Å²) >= 11 is 0. The lowest BCUT2D eigenvalue weighted by Gasteiger charge is -2.29. The van der Waals surface area contributed by atoms with Gasteiger partial charge in [-0.15, -0.1) is 0 Å². The van der Waals surface area contributed by atoms with E-state index in [0.717, 1.165) is 0 Å². The Bertz CT molecular complexity index is 272. The molecular weight excluding hydrogens is 168 g/mol. The molecule has 0 saturated carbocycles. The van der Waals surface area contributed by atoms with Crippen LogP contribution in [0.1, 0.15) is 27.7 Å². The summed E-state index contributed by atoms with van der Waals surface area (Å²) < 4.78 is 0. The van der Waals surface area contributed by atoms with Crippen LogP contribution in [0.3, 0.4) is 0 Å². The molecule has 0 amide bonds. The zero-order valence-electron chi connectivity index (χ0n) is 8.42. The fourth-order valence-corrected chi connectivity index (χ4v) is 1.09. The van der Waals surface area contributed by atoms with Gasteiger partial charge in [-0.1, -0.05) is 20.8 Å². The number of hydrogen-bond acceptors (Lipinski definition) is 4. The molecule has 0 aromatic heterocycles. The van der Waals surface area contributed by atoms with Gasteiger partial charge >= 0.3 is 0 Å². The Labute approximate surface area is 78.0 Å². The highest BCUT2D eigenvalue weighted by atomic mass is 16.5. The fraction of sp³-hybridized carbons (Fsp3) is 0.667. The molecule has 0 bridgehead atoms. The van der Waals surface area contributed by atoms with Crippen molar-refractivity contribution in [2.24, 2.45) is 10.4 Å². The third kappa shape index (κ3) is 2.54. The van der Waals surface area contributed by atoms with Gasteiger partial charge in [-0.3, -0.25) is 0 Å². The molecule has 0 spiro atoms. The average Bonchev–Trinajstić information content (AvgIpc) is 1.79. The second kappa shape index (κ2) is 2.82. The number of hydrogen-bond donors (Lipinski definition) is 3. The van der Waals surface area contributed by atoms with E-state index in [1.165, 1.54) is 6.08 Å². The van der Waals surface area contributed by atoms with Gasteiger partial charge < -0.3 is 15.5 Å². The highest BCUT2D eigenvalue weighted by molar-refractivity contribution is 5.89. The summed E-state index contributed by atoms with van der Waals surface area (Å²) in [6, 6.07) is 0. The number of nitrogens with one attached hydrogen (secondary N) is 1. The molecule has 0 radical (unpaired) electrons. The molecule has 4 heteroatoms. The van der Waals surface area contributed by atoms with Crippen LogP contribution >= 0.6 is 0 Å². The zero-order valence-corrected chi connectivity index (χ0v) is 8.42. The quantitative estimate of drug-likeness (QED) is 0.482. The summed E-state index contributed by atoms with van der Waals surface area (Å²) in [6.07, 6.45) is 1.27. The predicted octanol–water partition coefficient (Wildman–Crippen LogP) is 0.576.